The third-order valence-electron chi connectivity index (χ3n) is 3.07. The van der Waals surface area contributed by atoms with Crippen LogP contribution in [0.15, 0.2) is 6.20 Å². The molecule has 0 aromatic carbocycles. The van der Waals surface area contributed by atoms with E-state index in [-0.39, 0.29) is 5.91 Å². The van der Waals surface area contributed by atoms with E-state index < -0.39 is 0 Å². The van der Waals surface area contributed by atoms with Crippen molar-refractivity contribution < 1.29 is 9.53 Å². The zero-order valence-corrected chi connectivity index (χ0v) is 11.8. The monoisotopic (exact) mass is 286 g/mol. The molecule has 0 atom stereocenters. The van der Waals surface area contributed by atoms with Gasteiger partial charge in [0, 0.05) is 38.9 Å². The maximum absolute atomic E-state index is 11.9. The Morgan fingerprint density at radius 2 is 2.26 bits per heavy atom. The van der Waals surface area contributed by atoms with Crippen molar-refractivity contribution in [1.82, 2.24) is 20.0 Å². The molecule has 1 fully saturated rings. The number of halogens is 1. The SMILES string of the molecule is CCn1cc(Cl)c(C(=O)NCCN2CCOCC2)n1. The Morgan fingerprint density at radius 3 is 2.89 bits per heavy atom. The molecule has 1 amide bonds. The number of aromatic nitrogens is 2. The average Bonchev–Trinajstić information content (AvgIpc) is 2.81. The van der Waals surface area contributed by atoms with E-state index >= 15 is 0 Å². The van der Waals surface area contributed by atoms with Gasteiger partial charge in [0.15, 0.2) is 5.69 Å². The van der Waals surface area contributed by atoms with Gasteiger partial charge >= 0.3 is 0 Å². The lowest BCUT2D eigenvalue weighted by Gasteiger charge is -2.26. The first-order valence-corrected chi connectivity index (χ1v) is 6.89. The minimum atomic E-state index is -0.217. The van der Waals surface area contributed by atoms with E-state index in [0.29, 0.717) is 23.8 Å². The van der Waals surface area contributed by atoms with Crippen molar-refractivity contribution in [3.05, 3.63) is 16.9 Å². The van der Waals surface area contributed by atoms with Crippen molar-refractivity contribution in [2.45, 2.75) is 13.5 Å². The highest BCUT2D eigenvalue weighted by molar-refractivity contribution is 6.33. The number of nitrogens with zero attached hydrogens (tertiary/aromatic N) is 3. The predicted octanol–water partition coefficient (Wildman–Crippen LogP) is 0.618. The largest absolute Gasteiger partial charge is 0.379 e. The van der Waals surface area contributed by atoms with Crippen molar-refractivity contribution in [3.8, 4) is 0 Å². The fraction of sp³-hybridized carbons (Fsp3) is 0.667. The van der Waals surface area contributed by atoms with Crippen molar-refractivity contribution >= 4 is 17.5 Å². The fourth-order valence-electron chi connectivity index (χ4n) is 1.95. The molecule has 1 aliphatic heterocycles. The number of aryl methyl sites for hydroxylation is 1. The van der Waals surface area contributed by atoms with Gasteiger partial charge in [-0.2, -0.15) is 5.10 Å². The summed E-state index contributed by atoms with van der Waals surface area (Å²) in [5, 5.41) is 7.37. The molecule has 0 radical (unpaired) electrons. The topological polar surface area (TPSA) is 59.4 Å². The molecule has 2 rings (SSSR count). The lowest BCUT2D eigenvalue weighted by Crippen LogP contribution is -2.41. The van der Waals surface area contributed by atoms with Crippen molar-refractivity contribution in [2.24, 2.45) is 0 Å². The number of hydrogen-bond acceptors (Lipinski definition) is 4. The number of nitrogens with one attached hydrogen (secondary N) is 1. The lowest BCUT2D eigenvalue weighted by atomic mass is 10.4. The number of carbonyl (C=O) groups is 1. The highest BCUT2D eigenvalue weighted by Crippen LogP contribution is 2.13. The molecular formula is C12H19ClN4O2. The molecule has 0 aliphatic carbocycles. The van der Waals surface area contributed by atoms with Crippen LogP contribution in [-0.2, 0) is 11.3 Å². The van der Waals surface area contributed by atoms with E-state index in [1.807, 2.05) is 6.92 Å². The van der Waals surface area contributed by atoms with E-state index in [9.17, 15) is 4.79 Å². The highest BCUT2D eigenvalue weighted by Gasteiger charge is 2.15. The Labute approximate surface area is 117 Å². The van der Waals surface area contributed by atoms with Gasteiger partial charge in [0.1, 0.15) is 0 Å². The molecule has 0 unspecified atom stereocenters. The van der Waals surface area contributed by atoms with Gasteiger partial charge in [-0.15, -0.1) is 0 Å². The number of rotatable bonds is 5. The molecular weight excluding hydrogens is 268 g/mol. The smallest absolute Gasteiger partial charge is 0.273 e. The molecule has 1 saturated heterocycles. The van der Waals surface area contributed by atoms with Crippen molar-refractivity contribution in [2.75, 3.05) is 39.4 Å². The van der Waals surface area contributed by atoms with E-state index in [1.54, 1.807) is 10.9 Å². The summed E-state index contributed by atoms with van der Waals surface area (Å²) in [6.07, 6.45) is 1.67. The van der Waals surface area contributed by atoms with Gasteiger partial charge in [-0.25, -0.2) is 0 Å². The van der Waals surface area contributed by atoms with E-state index in [0.717, 1.165) is 32.8 Å². The molecule has 19 heavy (non-hydrogen) atoms. The second-order valence-corrected chi connectivity index (χ2v) is 4.80. The molecule has 7 heteroatoms. The lowest BCUT2D eigenvalue weighted by molar-refractivity contribution is 0.0383. The molecule has 1 N–H and O–H groups in total. The molecule has 0 saturated carbocycles. The van der Waals surface area contributed by atoms with Crippen LogP contribution in [0.4, 0.5) is 0 Å². The summed E-state index contributed by atoms with van der Waals surface area (Å²) in [5.41, 5.74) is 0.297. The molecule has 0 spiro atoms. The molecule has 1 aromatic heterocycles. The number of ether oxygens (including phenoxy) is 1. The van der Waals surface area contributed by atoms with E-state index in [2.05, 4.69) is 15.3 Å². The summed E-state index contributed by atoms with van der Waals surface area (Å²) in [7, 11) is 0. The van der Waals surface area contributed by atoms with Crippen LogP contribution < -0.4 is 5.32 Å². The van der Waals surface area contributed by atoms with Gasteiger partial charge in [0.25, 0.3) is 5.91 Å². The van der Waals surface area contributed by atoms with E-state index in [4.69, 9.17) is 16.3 Å². The Hall–Kier alpha value is -1.11. The van der Waals surface area contributed by atoms with Gasteiger partial charge < -0.3 is 10.1 Å². The number of morpholine rings is 1. The molecule has 1 aliphatic rings. The van der Waals surface area contributed by atoms with Gasteiger partial charge in [-0.1, -0.05) is 11.6 Å². The molecule has 1 aromatic rings. The van der Waals surface area contributed by atoms with Crippen LogP contribution in [0.25, 0.3) is 0 Å². The Morgan fingerprint density at radius 1 is 1.53 bits per heavy atom. The predicted molar refractivity (Wildman–Crippen MR) is 72.5 cm³/mol. The van der Waals surface area contributed by atoms with Crippen LogP contribution in [0.1, 0.15) is 17.4 Å². The Kier molecular flexibility index (Phi) is 5.18. The van der Waals surface area contributed by atoms with Crippen LogP contribution in [0.3, 0.4) is 0 Å². The standard InChI is InChI=1S/C12H19ClN4O2/c1-2-17-9-10(13)11(15-17)12(18)14-3-4-16-5-7-19-8-6-16/h9H,2-8H2,1H3,(H,14,18). The number of amides is 1. The normalized spacial score (nSPS) is 16.5. The summed E-state index contributed by atoms with van der Waals surface area (Å²) < 4.78 is 6.92. The van der Waals surface area contributed by atoms with Crippen LogP contribution >= 0.6 is 11.6 Å². The maximum Gasteiger partial charge on any atom is 0.273 e. The van der Waals surface area contributed by atoms with Crippen LogP contribution in [0, 0.1) is 0 Å². The van der Waals surface area contributed by atoms with Gasteiger partial charge in [-0.05, 0) is 6.92 Å². The zero-order valence-electron chi connectivity index (χ0n) is 11.1. The van der Waals surface area contributed by atoms with Gasteiger partial charge in [0.05, 0.1) is 18.2 Å². The summed E-state index contributed by atoms with van der Waals surface area (Å²) in [6, 6.07) is 0. The third kappa shape index (κ3) is 3.92. The van der Waals surface area contributed by atoms with Crippen LogP contribution in [-0.4, -0.2) is 60.0 Å². The fourth-order valence-corrected chi connectivity index (χ4v) is 2.19. The number of hydrogen-bond donors (Lipinski definition) is 1. The summed E-state index contributed by atoms with van der Waals surface area (Å²) in [6.45, 7) is 7.42. The van der Waals surface area contributed by atoms with Crippen LogP contribution in [0.2, 0.25) is 5.02 Å². The molecule has 0 bridgehead atoms. The van der Waals surface area contributed by atoms with E-state index in [1.165, 1.54) is 0 Å². The highest BCUT2D eigenvalue weighted by atomic mass is 35.5. The Balaban J connectivity index is 1.78. The zero-order chi connectivity index (χ0) is 13.7. The summed E-state index contributed by atoms with van der Waals surface area (Å²) in [5.74, 6) is -0.217. The van der Waals surface area contributed by atoms with Crippen molar-refractivity contribution in [3.63, 3.8) is 0 Å². The molecule has 106 valence electrons. The Bertz CT molecular complexity index is 429. The second kappa shape index (κ2) is 6.88. The quantitative estimate of drug-likeness (QED) is 0.862. The minimum Gasteiger partial charge on any atom is -0.379 e. The first-order chi connectivity index (χ1) is 9.20. The average molecular weight is 287 g/mol. The summed E-state index contributed by atoms with van der Waals surface area (Å²) >= 11 is 5.98. The summed E-state index contributed by atoms with van der Waals surface area (Å²) in [4.78, 5) is 14.2. The molecule has 2 heterocycles. The van der Waals surface area contributed by atoms with Gasteiger partial charge in [0.2, 0.25) is 0 Å². The van der Waals surface area contributed by atoms with Crippen molar-refractivity contribution in [1.29, 1.82) is 0 Å². The first-order valence-electron chi connectivity index (χ1n) is 6.52. The van der Waals surface area contributed by atoms with Crippen LogP contribution in [0.5, 0.6) is 0 Å². The molecule has 6 nitrogen and oxygen atoms in total. The minimum absolute atomic E-state index is 0.217. The first kappa shape index (κ1) is 14.3. The number of carbonyl (C=O) groups excluding carboxylic acids is 1. The maximum atomic E-state index is 11.9. The van der Waals surface area contributed by atoms with Gasteiger partial charge in [-0.3, -0.25) is 14.4 Å². The second-order valence-electron chi connectivity index (χ2n) is 4.39. The third-order valence-corrected chi connectivity index (χ3v) is 3.35.